The molecule has 140 valence electrons. The van der Waals surface area contributed by atoms with Crippen LogP contribution in [0.15, 0.2) is 64.0 Å². The van der Waals surface area contributed by atoms with E-state index in [2.05, 4.69) is 15.3 Å². The van der Waals surface area contributed by atoms with Crippen LogP contribution in [-0.2, 0) is 17.6 Å². The number of nitrogens with zero attached hydrogens (tertiary/aromatic N) is 1. The van der Waals surface area contributed by atoms with Crippen molar-refractivity contribution >= 4 is 11.7 Å². The second-order valence-electron chi connectivity index (χ2n) is 6.32. The van der Waals surface area contributed by atoms with Crippen LogP contribution >= 0.6 is 0 Å². The molecular weight excluding hydrogens is 344 g/mol. The summed E-state index contributed by atoms with van der Waals surface area (Å²) in [5.74, 6) is 1.27. The van der Waals surface area contributed by atoms with Crippen molar-refractivity contribution in [2.45, 2.75) is 25.2 Å². The maximum atomic E-state index is 12.4. The molecular formula is C20H22N4O3. The minimum absolute atomic E-state index is 0.0484. The largest absolute Gasteiger partial charge is 0.469 e. The topological polar surface area (TPSA) is 114 Å². The standard InChI is InChI=1S/C20H22N4O3/c21-17-13-20(26)24-18(23-17)8-9-22-19(25)12-15(16-7-4-10-27-16)11-14-5-2-1-3-6-14/h1-7,10,13,15H,8-9,11-12H2,(H,22,25)(H3,21,23,24,26)/t15-/m1/s1. The van der Waals surface area contributed by atoms with Gasteiger partial charge in [0.2, 0.25) is 5.91 Å². The third-order valence-corrected chi connectivity index (χ3v) is 4.20. The fourth-order valence-corrected chi connectivity index (χ4v) is 2.96. The minimum Gasteiger partial charge on any atom is -0.469 e. The van der Waals surface area contributed by atoms with Crippen molar-refractivity contribution in [1.82, 2.24) is 15.3 Å². The number of rotatable bonds is 8. The lowest BCUT2D eigenvalue weighted by molar-refractivity contribution is -0.121. The predicted octanol–water partition coefficient (Wildman–Crippen LogP) is 2.02. The number of carbonyl (C=O) groups is 1. The van der Waals surface area contributed by atoms with Crippen molar-refractivity contribution < 1.29 is 9.21 Å². The van der Waals surface area contributed by atoms with E-state index < -0.39 is 0 Å². The summed E-state index contributed by atoms with van der Waals surface area (Å²) in [6.07, 6.45) is 3.04. The van der Waals surface area contributed by atoms with Gasteiger partial charge in [-0.05, 0) is 24.1 Å². The summed E-state index contributed by atoms with van der Waals surface area (Å²) >= 11 is 0. The number of aromatic nitrogens is 2. The molecule has 0 bridgehead atoms. The Hall–Kier alpha value is -3.35. The second kappa shape index (κ2) is 8.84. The number of aromatic amines is 1. The molecule has 0 fully saturated rings. The van der Waals surface area contributed by atoms with Gasteiger partial charge in [-0.25, -0.2) is 4.98 Å². The van der Waals surface area contributed by atoms with Gasteiger partial charge in [-0.2, -0.15) is 0 Å². The number of nitrogen functional groups attached to an aromatic ring is 1. The lowest BCUT2D eigenvalue weighted by Crippen LogP contribution is -2.28. The van der Waals surface area contributed by atoms with E-state index in [1.165, 1.54) is 6.07 Å². The molecule has 0 aliphatic carbocycles. The number of carbonyl (C=O) groups excluding carboxylic acids is 1. The number of nitrogens with two attached hydrogens (primary N) is 1. The van der Waals surface area contributed by atoms with Crippen LogP contribution in [0.25, 0.3) is 0 Å². The zero-order valence-electron chi connectivity index (χ0n) is 14.9. The maximum absolute atomic E-state index is 12.4. The molecule has 27 heavy (non-hydrogen) atoms. The lowest BCUT2D eigenvalue weighted by Gasteiger charge is -2.15. The first kappa shape index (κ1) is 18.4. The van der Waals surface area contributed by atoms with Crippen molar-refractivity contribution in [3.63, 3.8) is 0 Å². The van der Waals surface area contributed by atoms with E-state index in [0.717, 1.165) is 11.3 Å². The lowest BCUT2D eigenvalue weighted by atomic mass is 9.93. The van der Waals surface area contributed by atoms with Crippen molar-refractivity contribution in [1.29, 1.82) is 0 Å². The molecule has 0 spiro atoms. The highest BCUT2D eigenvalue weighted by Crippen LogP contribution is 2.24. The monoisotopic (exact) mass is 366 g/mol. The van der Waals surface area contributed by atoms with Crippen LogP contribution in [0.3, 0.4) is 0 Å². The number of H-pyrrole nitrogens is 1. The number of furan rings is 1. The number of amides is 1. The highest BCUT2D eigenvalue weighted by Gasteiger charge is 2.19. The number of hydrogen-bond donors (Lipinski definition) is 3. The summed E-state index contributed by atoms with van der Waals surface area (Å²) in [7, 11) is 0. The predicted molar refractivity (Wildman–Crippen MR) is 102 cm³/mol. The summed E-state index contributed by atoms with van der Waals surface area (Å²) in [6, 6.07) is 14.9. The Bertz CT molecular complexity index is 920. The van der Waals surface area contributed by atoms with Crippen LogP contribution < -0.4 is 16.6 Å². The summed E-state index contributed by atoms with van der Waals surface area (Å²) < 4.78 is 5.53. The Morgan fingerprint density at radius 2 is 2.04 bits per heavy atom. The smallest absolute Gasteiger partial charge is 0.252 e. The van der Waals surface area contributed by atoms with Gasteiger partial charge in [0.05, 0.1) is 6.26 Å². The highest BCUT2D eigenvalue weighted by atomic mass is 16.3. The zero-order chi connectivity index (χ0) is 19.1. The quantitative estimate of drug-likeness (QED) is 0.564. The Morgan fingerprint density at radius 1 is 1.22 bits per heavy atom. The summed E-state index contributed by atoms with van der Waals surface area (Å²) in [6.45, 7) is 0.363. The molecule has 1 amide bonds. The van der Waals surface area contributed by atoms with Crippen LogP contribution in [0.5, 0.6) is 0 Å². The van der Waals surface area contributed by atoms with Gasteiger partial charge in [0, 0.05) is 31.4 Å². The van der Waals surface area contributed by atoms with Gasteiger partial charge in [0.25, 0.3) is 5.56 Å². The van der Waals surface area contributed by atoms with Gasteiger partial charge >= 0.3 is 0 Å². The van der Waals surface area contributed by atoms with E-state index in [-0.39, 0.29) is 23.2 Å². The number of benzene rings is 1. The first-order valence-electron chi connectivity index (χ1n) is 8.80. The van der Waals surface area contributed by atoms with Crippen LogP contribution in [0.1, 0.15) is 29.5 Å². The van der Waals surface area contributed by atoms with Gasteiger partial charge in [0.15, 0.2) is 0 Å². The van der Waals surface area contributed by atoms with Gasteiger partial charge in [-0.15, -0.1) is 0 Å². The average Bonchev–Trinajstić information content (AvgIpc) is 3.16. The first-order valence-corrected chi connectivity index (χ1v) is 8.80. The van der Waals surface area contributed by atoms with E-state index in [1.54, 1.807) is 6.26 Å². The fraction of sp³-hybridized carbons (Fsp3) is 0.250. The number of nitrogens with one attached hydrogen (secondary N) is 2. The molecule has 0 unspecified atom stereocenters. The summed E-state index contributed by atoms with van der Waals surface area (Å²) in [4.78, 5) is 30.4. The third kappa shape index (κ3) is 5.57. The Morgan fingerprint density at radius 3 is 2.74 bits per heavy atom. The molecule has 1 atom stereocenters. The number of anilines is 1. The van der Waals surface area contributed by atoms with Crippen molar-refractivity contribution in [3.8, 4) is 0 Å². The Labute approximate surface area is 156 Å². The maximum Gasteiger partial charge on any atom is 0.252 e. The molecule has 7 nitrogen and oxygen atoms in total. The third-order valence-electron chi connectivity index (χ3n) is 4.20. The zero-order valence-corrected chi connectivity index (χ0v) is 14.9. The average molecular weight is 366 g/mol. The van der Waals surface area contributed by atoms with Crippen molar-refractivity contribution in [2.24, 2.45) is 0 Å². The molecule has 0 radical (unpaired) electrons. The SMILES string of the molecule is Nc1cc(=O)[nH]c(CCNC(=O)C[C@@H](Cc2ccccc2)c2ccco2)n1. The van der Waals surface area contributed by atoms with E-state index in [0.29, 0.717) is 31.6 Å². The molecule has 7 heteroatoms. The molecule has 3 aromatic rings. The molecule has 1 aromatic carbocycles. The van der Waals surface area contributed by atoms with Gasteiger partial charge in [0.1, 0.15) is 17.4 Å². The normalized spacial score (nSPS) is 11.9. The highest BCUT2D eigenvalue weighted by molar-refractivity contribution is 5.76. The molecule has 3 rings (SSSR count). The van der Waals surface area contributed by atoms with Crippen molar-refractivity contribution in [3.05, 3.63) is 82.3 Å². The van der Waals surface area contributed by atoms with E-state index in [4.69, 9.17) is 10.2 Å². The van der Waals surface area contributed by atoms with Gasteiger partial charge in [-0.1, -0.05) is 30.3 Å². The first-order chi connectivity index (χ1) is 13.1. The van der Waals surface area contributed by atoms with Gasteiger partial charge < -0.3 is 20.5 Å². The van der Waals surface area contributed by atoms with Crippen LogP contribution in [0.4, 0.5) is 5.82 Å². The molecule has 0 aliphatic heterocycles. The second-order valence-corrected chi connectivity index (χ2v) is 6.32. The summed E-state index contributed by atoms with van der Waals surface area (Å²) in [5, 5.41) is 2.86. The number of hydrogen-bond acceptors (Lipinski definition) is 5. The molecule has 4 N–H and O–H groups in total. The molecule has 0 aliphatic rings. The minimum atomic E-state index is -0.301. The summed E-state index contributed by atoms with van der Waals surface area (Å²) in [5.41, 5.74) is 6.40. The molecule has 2 heterocycles. The van der Waals surface area contributed by atoms with Gasteiger partial charge in [-0.3, -0.25) is 9.59 Å². The molecule has 2 aromatic heterocycles. The van der Waals surface area contributed by atoms with Crippen LogP contribution in [0.2, 0.25) is 0 Å². The molecule has 0 saturated heterocycles. The van der Waals surface area contributed by atoms with Crippen LogP contribution in [-0.4, -0.2) is 22.4 Å². The Kier molecular flexibility index (Phi) is 6.04. The van der Waals surface area contributed by atoms with Crippen molar-refractivity contribution in [2.75, 3.05) is 12.3 Å². The molecule has 0 saturated carbocycles. The van der Waals surface area contributed by atoms with E-state index >= 15 is 0 Å². The Balaban J connectivity index is 1.57. The van der Waals surface area contributed by atoms with E-state index in [1.807, 2.05) is 42.5 Å². The van der Waals surface area contributed by atoms with Crippen LogP contribution in [0, 0.1) is 0 Å². The van der Waals surface area contributed by atoms with E-state index in [9.17, 15) is 9.59 Å². The fourth-order valence-electron chi connectivity index (χ4n) is 2.96.